The van der Waals surface area contributed by atoms with Crippen molar-refractivity contribution in [2.75, 3.05) is 37.8 Å². The van der Waals surface area contributed by atoms with Gasteiger partial charge in [-0.05, 0) is 18.6 Å². The quantitative estimate of drug-likeness (QED) is 0.728. The molecule has 0 aromatic heterocycles. The van der Waals surface area contributed by atoms with E-state index in [0.29, 0.717) is 30.8 Å². The second-order valence-electron chi connectivity index (χ2n) is 4.77. The highest BCUT2D eigenvalue weighted by molar-refractivity contribution is 5.78. The van der Waals surface area contributed by atoms with Gasteiger partial charge in [0.05, 0.1) is 11.4 Å². The van der Waals surface area contributed by atoms with E-state index in [2.05, 4.69) is 0 Å². The third-order valence-corrected chi connectivity index (χ3v) is 2.92. The van der Waals surface area contributed by atoms with Crippen LogP contribution >= 0.6 is 0 Å². The molecule has 0 radical (unpaired) electrons. The second kappa shape index (κ2) is 7.37. The van der Waals surface area contributed by atoms with Crippen molar-refractivity contribution >= 4 is 23.3 Å². The first-order valence-corrected chi connectivity index (χ1v) is 6.43. The maximum Gasteiger partial charge on any atom is 0.323 e. The van der Waals surface area contributed by atoms with Gasteiger partial charge in [0.2, 0.25) is 5.91 Å². The van der Waals surface area contributed by atoms with E-state index in [1.807, 2.05) is 6.07 Å². The summed E-state index contributed by atoms with van der Waals surface area (Å²) >= 11 is 0. The Hall–Kier alpha value is -2.24. The van der Waals surface area contributed by atoms with Crippen LogP contribution in [0.3, 0.4) is 0 Å². The Bertz CT molecular complexity index is 474. The molecule has 0 saturated carbocycles. The molecule has 0 spiro atoms. The molecule has 0 aliphatic heterocycles. The zero-order valence-corrected chi connectivity index (χ0v) is 11.9. The number of rotatable bonds is 7. The summed E-state index contributed by atoms with van der Waals surface area (Å²) in [6.07, 6.45) is 0.967. The highest BCUT2D eigenvalue weighted by Gasteiger charge is 2.14. The lowest BCUT2D eigenvalue weighted by molar-refractivity contribution is -0.135. The largest absolute Gasteiger partial charge is 0.480 e. The number of nitrogens with two attached hydrogens (primary N) is 1. The first-order chi connectivity index (χ1) is 9.41. The van der Waals surface area contributed by atoms with Crippen LogP contribution in [0.4, 0.5) is 11.4 Å². The average molecular weight is 279 g/mol. The Morgan fingerprint density at radius 3 is 2.45 bits per heavy atom. The molecular weight excluding hydrogens is 258 g/mol. The molecule has 0 heterocycles. The number of carbonyl (C=O) groups is 2. The Morgan fingerprint density at radius 2 is 1.90 bits per heavy atom. The maximum atomic E-state index is 11.5. The fourth-order valence-electron chi connectivity index (χ4n) is 1.87. The van der Waals surface area contributed by atoms with E-state index in [0.717, 1.165) is 0 Å². The number of carboxylic acids is 1. The van der Waals surface area contributed by atoms with Gasteiger partial charge in [-0.15, -0.1) is 0 Å². The Labute approximate surface area is 118 Å². The molecule has 1 rings (SSSR count). The van der Waals surface area contributed by atoms with Crippen LogP contribution in [0.5, 0.6) is 0 Å². The van der Waals surface area contributed by atoms with Gasteiger partial charge < -0.3 is 20.6 Å². The number of aliphatic carboxylic acids is 1. The smallest absolute Gasteiger partial charge is 0.323 e. The van der Waals surface area contributed by atoms with Gasteiger partial charge in [-0.25, -0.2) is 0 Å². The molecule has 1 aromatic carbocycles. The minimum atomic E-state index is -0.924. The first kappa shape index (κ1) is 15.8. The van der Waals surface area contributed by atoms with E-state index in [1.165, 1.54) is 4.90 Å². The summed E-state index contributed by atoms with van der Waals surface area (Å²) in [6.45, 7) is 0.338. The topological polar surface area (TPSA) is 86.9 Å². The van der Waals surface area contributed by atoms with Crippen molar-refractivity contribution in [3.05, 3.63) is 24.3 Å². The Balaban J connectivity index is 2.69. The van der Waals surface area contributed by atoms with Crippen molar-refractivity contribution in [2.45, 2.75) is 12.8 Å². The molecule has 1 aromatic rings. The van der Waals surface area contributed by atoms with Gasteiger partial charge in [-0.3, -0.25) is 9.59 Å². The number of carbonyl (C=O) groups excluding carboxylic acids is 1. The molecule has 0 fully saturated rings. The molecule has 0 aliphatic carbocycles. The van der Waals surface area contributed by atoms with E-state index < -0.39 is 5.97 Å². The van der Waals surface area contributed by atoms with Gasteiger partial charge in [0, 0.05) is 27.1 Å². The van der Waals surface area contributed by atoms with Crippen LogP contribution in [0, 0.1) is 0 Å². The summed E-state index contributed by atoms with van der Waals surface area (Å²) in [5, 5.41) is 8.98. The van der Waals surface area contributed by atoms with Gasteiger partial charge >= 0.3 is 5.97 Å². The molecule has 3 N–H and O–H groups in total. The summed E-state index contributed by atoms with van der Waals surface area (Å²) in [6, 6.07) is 7.13. The van der Waals surface area contributed by atoms with Gasteiger partial charge in [0.15, 0.2) is 0 Å². The van der Waals surface area contributed by atoms with E-state index in [9.17, 15) is 9.59 Å². The van der Waals surface area contributed by atoms with Crippen LogP contribution in [-0.2, 0) is 9.59 Å². The maximum absolute atomic E-state index is 11.5. The zero-order valence-electron chi connectivity index (χ0n) is 11.9. The van der Waals surface area contributed by atoms with Crippen molar-refractivity contribution in [3.63, 3.8) is 0 Å². The first-order valence-electron chi connectivity index (χ1n) is 6.43. The minimum absolute atomic E-state index is 0.0290. The average Bonchev–Trinajstić information content (AvgIpc) is 2.37. The number of para-hydroxylation sites is 2. The van der Waals surface area contributed by atoms with E-state index in [-0.39, 0.29) is 12.5 Å². The second-order valence-corrected chi connectivity index (χ2v) is 4.77. The molecular formula is C14H21N3O3. The highest BCUT2D eigenvalue weighted by atomic mass is 16.4. The number of benzene rings is 1. The van der Waals surface area contributed by atoms with E-state index in [1.54, 1.807) is 37.2 Å². The lowest BCUT2D eigenvalue weighted by atomic mass is 10.2. The number of anilines is 2. The molecule has 6 heteroatoms. The number of nitrogen functional groups attached to an aromatic ring is 1. The summed E-state index contributed by atoms with van der Waals surface area (Å²) < 4.78 is 0. The van der Waals surface area contributed by atoms with Crippen molar-refractivity contribution in [3.8, 4) is 0 Å². The zero-order chi connectivity index (χ0) is 15.1. The van der Waals surface area contributed by atoms with Crippen LogP contribution in [0.15, 0.2) is 24.3 Å². The molecule has 1 amide bonds. The number of hydrogen-bond acceptors (Lipinski definition) is 4. The van der Waals surface area contributed by atoms with Crippen LogP contribution in [0.1, 0.15) is 12.8 Å². The Morgan fingerprint density at radius 1 is 1.25 bits per heavy atom. The summed E-state index contributed by atoms with van der Waals surface area (Å²) in [5.41, 5.74) is 7.09. The summed E-state index contributed by atoms with van der Waals surface area (Å²) in [5.74, 6) is -0.895. The number of hydrogen-bond donors (Lipinski definition) is 2. The molecule has 20 heavy (non-hydrogen) atoms. The predicted octanol–water partition coefficient (Wildman–Crippen LogP) is 1.03. The fourth-order valence-corrected chi connectivity index (χ4v) is 1.87. The molecule has 110 valence electrons. The third kappa shape index (κ3) is 4.79. The summed E-state index contributed by atoms with van der Waals surface area (Å²) in [7, 11) is 3.40. The van der Waals surface area contributed by atoms with Crippen LogP contribution in [0.2, 0.25) is 0 Å². The number of carboxylic acid groups (broad SMARTS) is 1. The monoisotopic (exact) mass is 279 g/mol. The lowest BCUT2D eigenvalue weighted by Gasteiger charge is -2.24. The van der Waals surface area contributed by atoms with Gasteiger partial charge in [0.25, 0.3) is 0 Å². The fraction of sp³-hybridized carbons (Fsp3) is 0.429. The van der Waals surface area contributed by atoms with E-state index >= 15 is 0 Å². The molecule has 0 atom stereocenters. The lowest BCUT2D eigenvalue weighted by Crippen LogP contribution is -2.32. The van der Waals surface area contributed by atoms with Crippen LogP contribution < -0.4 is 10.6 Å². The van der Waals surface area contributed by atoms with Gasteiger partial charge in [-0.2, -0.15) is 0 Å². The molecule has 0 bridgehead atoms. The molecule has 0 saturated heterocycles. The standard InChI is InChI=1S/C14H21N3O3/c1-16(2)13(18)8-5-9-17(10-14(19)20)12-7-4-3-6-11(12)15/h3-4,6-7H,5,8-10,15H2,1-2H3,(H,19,20). The van der Waals surface area contributed by atoms with Crippen LogP contribution in [0.25, 0.3) is 0 Å². The van der Waals surface area contributed by atoms with E-state index in [4.69, 9.17) is 10.8 Å². The van der Waals surface area contributed by atoms with Gasteiger partial charge in [-0.1, -0.05) is 12.1 Å². The normalized spacial score (nSPS) is 10.1. The van der Waals surface area contributed by atoms with Gasteiger partial charge in [0.1, 0.15) is 6.54 Å². The molecule has 0 unspecified atom stereocenters. The van der Waals surface area contributed by atoms with Crippen molar-refractivity contribution in [1.82, 2.24) is 4.90 Å². The third-order valence-electron chi connectivity index (χ3n) is 2.92. The molecule has 6 nitrogen and oxygen atoms in total. The minimum Gasteiger partial charge on any atom is -0.480 e. The SMILES string of the molecule is CN(C)C(=O)CCCN(CC(=O)O)c1ccccc1N. The molecule has 0 aliphatic rings. The predicted molar refractivity (Wildman–Crippen MR) is 78.6 cm³/mol. The number of amides is 1. The highest BCUT2D eigenvalue weighted by Crippen LogP contribution is 2.22. The Kier molecular flexibility index (Phi) is 5.83. The van der Waals surface area contributed by atoms with Crippen molar-refractivity contribution in [1.29, 1.82) is 0 Å². The van der Waals surface area contributed by atoms with Crippen molar-refractivity contribution in [2.24, 2.45) is 0 Å². The number of nitrogens with zero attached hydrogens (tertiary/aromatic N) is 2. The van der Waals surface area contributed by atoms with Crippen molar-refractivity contribution < 1.29 is 14.7 Å². The van der Waals surface area contributed by atoms with Crippen LogP contribution in [-0.4, -0.2) is 49.1 Å². The summed E-state index contributed by atoms with van der Waals surface area (Å²) in [4.78, 5) is 25.7.